The maximum absolute atomic E-state index is 11.7. The minimum absolute atomic E-state index is 0.0798. The highest BCUT2D eigenvalue weighted by molar-refractivity contribution is 5.79. The highest BCUT2D eigenvalue weighted by atomic mass is 16.2. The minimum atomic E-state index is -0.130. The van der Waals surface area contributed by atoms with Gasteiger partial charge in [0.1, 0.15) is 0 Å². The maximum Gasteiger partial charge on any atom is 0.247 e. The first-order chi connectivity index (χ1) is 7.75. The zero-order valence-corrected chi connectivity index (χ0v) is 8.95. The maximum atomic E-state index is 11.7. The summed E-state index contributed by atoms with van der Waals surface area (Å²) < 4.78 is 0. The van der Waals surface area contributed by atoms with Gasteiger partial charge in [0.15, 0.2) is 0 Å². The molecule has 1 atom stereocenters. The van der Waals surface area contributed by atoms with E-state index in [1.54, 1.807) is 12.3 Å². The Bertz CT molecular complexity index is 401. The fourth-order valence-corrected chi connectivity index (χ4v) is 1.76. The third-order valence-electron chi connectivity index (χ3n) is 2.75. The molecule has 0 bridgehead atoms. The van der Waals surface area contributed by atoms with Crippen molar-refractivity contribution in [3.8, 4) is 0 Å². The van der Waals surface area contributed by atoms with Crippen molar-refractivity contribution < 1.29 is 4.79 Å². The van der Waals surface area contributed by atoms with Crippen molar-refractivity contribution in [3.63, 3.8) is 0 Å². The number of aromatic amines is 1. The molecular formula is C11H15N3O2. The van der Waals surface area contributed by atoms with Crippen LogP contribution >= 0.6 is 0 Å². The fourth-order valence-electron chi connectivity index (χ4n) is 1.76. The van der Waals surface area contributed by atoms with E-state index in [4.69, 9.17) is 0 Å². The predicted octanol–water partition coefficient (Wildman–Crippen LogP) is -0.399. The lowest BCUT2D eigenvalue weighted by atomic mass is 10.1. The third kappa shape index (κ3) is 2.70. The summed E-state index contributed by atoms with van der Waals surface area (Å²) in [6.07, 6.45) is 2.52. The summed E-state index contributed by atoms with van der Waals surface area (Å²) in [5.41, 5.74) is 0.772. The highest BCUT2D eigenvalue weighted by Gasteiger charge is 2.21. The first-order valence-electron chi connectivity index (χ1n) is 5.42. The van der Waals surface area contributed by atoms with E-state index in [1.165, 1.54) is 6.07 Å². The normalized spacial score (nSPS) is 19.6. The summed E-state index contributed by atoms with van der Waals surface area (Å²) in [5.74, 6) is 0.166. The van der Waals surface area contributed by atoms with E-state index >= 15 is 0 Å². The summed E-state index contributed by atoms with van der Waals surface area (Å²) in [7, 11) is 0. The smallest absolute Gasteiger partial charge is 0.247 e. The molecule has 0 saturated carbocycles. The number of pyridine rings is 1. The quantitative estimate of drug-likeness (QED) is 0.650. The van der Waals surface area contributed by atoms with Crippen LogP contribution in [0.5, 0.6) is 0 Å². The standard InChI is InChI=1S/C11H15N3O2/c15-10-2-1-8(5-13-10)6-14-11(16)9-3-4-12-7-9/h1-2,5,9,12H,3-4,6-7H2,(H,13,15)(H,14,16). The minimum Gasteiger partial charge on any atom is -0.352 e. The Morgan fingerprint density at radius 3 is 3.00 bits per heavy atom. The molecule has 1 aliphatic rings. The summed E-state index contributed by atoms with van der Waals surface area (Å²) in [6, 6.07) is 3.17. The largest absolute Gasteiger partial charge is 0.352 e. The van der Waals surface area contributed by atoms with Gasteiger partial charge in [-0.15, -0.1) is 0 Å². The van der Waals surface area contributed by atoms with Gasteiger partial charge in [0.2, 0.25) is 11.5 Å². The molecule has 1 unspecified atom stereocenters. The number of hydrogen-bond donors (Lipinski definition) is 3. The molecule has 5 heteroatoms. The Labute approximate surface area is 93.3 Å². The van der Waals surface area contributed by atoms with Crippen LogP contribution < -0.4 is 16.2 Å². The molecule has 0 aliphatic carbocycles. The molecule has 0 aromatic carbocycles. The highest BCUT2D eigenvalue weighted by Crippen LogP contribution is 2.07. The second-order valence-electron chi connectivity index (χ2n) is 3.97. The van der Waals surface area contributed by atoms with Crippen molar-refractivity contribution in [2.75, 3.05) is 13.1 Å². The second kappa shape index (κ2) is 4.94. The molecule has 1 saturated heterocycles. The van der Waals surface area contributed by atoms with Crippen LogP contribution in [0.2, 0.25) is 0 Å². The van der Waals surface area contributed by atoms with Crippen LogP contribution in [-0.2, 0) is 11.3 Å². The Balaban J connectivity index is 1.84. The van der Waals surface area contributed by atoms with Gasteiger partial charge < -0.3 is 15.6 Å². The summed E-state index contributed by atoms with van der Waals surface area (Å²) in [4.78, 5) is 25.1. The van der Waals surface area contributed by atoms with Gasteiger partial charge in [0, 0.05) is 25.4 Å². The van der Waals surface area contributed by atoms with Crippen molar-refractivity contribution >= 4 is 5.91 Å². The molecular weight excluding hydrogens is 206 g/mol. The Kier molecular flexibility index (Phi) is 3.36. The van der Waals surface area contributed by atoms with Gasteiger partial charge in [-0.2, -0.15) is 0 Å². The molecule has 1 aromatic heterocycles. The molecule has 1 aliphatic heterocycles. The second-order valence-corrected chi connectivity index (χ2v) is 3.97. The molecule has 0 radical (unpaired) electrons. The molecule has 2 heterocycles. The fraction of sp³-hybridized carbons (Fsp3) is 0.455. The average molecular weight is 221 g/mol. The van der Waals surface area contributed by atoms with Crippen molar-refractivity contribution in [2.45, 2.75) is 13.0 Å². The van der Waals surface area contributed by atoms with E-state index in [9.17, 15) is 9.59 Å². The number of hydrogen-bond acceptors (Lipinski definition) is 3. The summed E-state index contributed by atoms with van der Waals surface area (Å²) in [5, 5.41) is 6.01. The predicted molar refractivity (Wildman–Crippen MR) is 59.9 cm³/mol. The van der Waals surface area contributed by atoms with E-state index in [1.807, 2.05) is 0 Å². The van der Waals surface area contributed by atoms with Gasteiger partial charge in [0.25, 0.3) is 0 Å². The van der Waals surface area contributed by atoms with E-state index in [2.05, 4.69) is 15.6 Å². The molecule has 1 amide bonds. The average Bonchev–Trinajstić information content (AvgIpc) is 2.81. The molecule has 86 valence electrons. The van der Waals surface area contributed by atoms with E-state index < -0.39 is 0 Å². The molecule has 0 spiro atoms. The zero-order chi connectivity index (χ0) is 11.4. The first-order valence-corrected chi connectivity index (χ1v) is 5.42. The number of H-pyrrole nitrogens is 1. The monoisotopic (exact) mass is 221 g/mol. The number of carbonyl (C=O) groups is 1. The lowest BCUT2D eigenvalue weighted by Crippen LogP contribution is -2.31. The van der Waals surface area contributed by atoms with Crippen LogP contribution in [0, 0.1) is 5.92 Å². The molecule has 5 nitrogen and oxygen atoms in total. The number of amides is 1. The van der Waals surface area contributed by atoms with Crippen LogP contribution in [0.4, 0.5) is 0 Å². The topological polar surface area (TPSA) is 74.0 Å². The van der Waals surface area contributed by atoms with Crippen LogP contribution in [0.15, 0.2) is 23.1 Å². The van der Waals surface area contributed by atoms with Gasteiger partial charge in [-0.3, -0.25) is 9.59 Å². The number of aromatic nitrogens is 1. The summed E-state index contributed by atoms with van der Waals surface area (Å²) in [6.45, 7) is 2.14. The number of nitrogens with one attached hydrogen (secondary N) is 3. The number of rotatable bonds is 3. The lowest BCUT2D eigenvalue weighted by Gasteiger charge is -2.09. The van der Waals surface area contributed by atoms with Gasteiger partial charge in [-0.25, -0.2) is 0 Å². The van der Waals surface area contributed by atoms with Gasteiger partial charge >= 0.3 is 0 Å². The Hall–Kier alpha value is -1.62. The SMILES string of the molecule is O=C(NCc1ccc(=O)[nH]c1)C1CCNC1. The molecule has 16 heavy (non-hydrogen) atoms. The summed E-state index contributed by atoms with van der Waals surface area (Å²) >= 11 is 0. The van der Waals surface area contributed by atoms with Gasteiger partial charge in [0.05, 0.1) is 5.92 Å². The van der Waals surface area contributed by atoms with Crippen molar-refractivity contribution in [1.82, 2.24) is 15.6 Å². The van der Waals surface area contributed by atoms with Gasteiger partial charge in [-0.1, -0.05) is 6.07 Å². The number of carbonyl (C=O) groups excluding carboxylic acids is 1. The van der Waals surface area contributed by atoms with Crippen molar-refractivity contribution in [2.24, 2.45) is 5.92 Å². The van der Waals surface area contributed by atoms with Crippen LogP contribution in [0.25, 0.3) is 0 Å². The van der Waals surface area contributed by atoms with E-state index in [0.29, 0.717) is 6.54 Å². The van der Waals surface area contributed by atoms with Crippen LogP contribution in [-0.4, -0.2) is 24.0 Å². The molecule has 3 N–H and O–H groups in total. The van der Waals surface area contributed by atoms with Crippen LogP contribution in [0.3, 0.4) is 0 Å². The van der Waals surface area contributed by atoms with Crippen molar-refractivity contribution in [3.05, 3.63) is 34.2 Å². The van der Waals surface area contributed by atoms with E-state index in [0.717, 1.165) is 25.1 Å². The van der Waals surface area contributed by atoms with Gasteiger partial charge in [-0.05, 0) is 18.5 Å². The molecule has 2 rings (SSSR count). The van der Waals surface area contributed by atoms with E-state index in [-0.39, 0.29) is 17.4 Å². The molecule has 1 aromatic rings. The lowest BCUT2D eigenvalue weighted by molar-refractivity contribution is -0.124. The molecule has 1 fully saturated rings. The first kappa shape index (κ1) is 10.9. The zero-order valence-electron chi connectivity index (χ0n) is 8.95. The Morgan fingerprint density at radius 1 is 1.50 bits per heavy atom. The third-order valence-corrected chi connectivity index (χ3v) is 2.75. The van der Waals surface area contributed by atoms with Crippen molar-refractivity contribution in [1.29, 1.82) is 0 Å². The van der Waals surface area contributed by atoms with Crippen LogP contribution in [0.1, 0.15) is 12.0 Å². The Morgan fingerprint density at radius 2 is 2.38 bits per heavy atom.